The Morgan fingerprint density at radius 2 is 2.25 bits per heavy atom. The Labute approximate surface area is 122 Å². The van der Waals surface area contributed by atoms with Crippen molar-refractivity contribution in [2.24, 2.45) is 0 Å². The molecule has 1 amide bonds. The van der Waals surface area contributed by atoms with Crippen molar-refractivity contribution in [2.45, 2.75) is 11.8 Å². The molecule has 5 nitrogen and oxygen atoms in total. The molecular weight excluding hydrogens is 276 g/mol. The van der Waals surface area contributed by atoms with Crippen LogP contribution in [0.3, 0.4) is 0 Å². The van der Waals surface area contributed by atoms with Crippen LogP contribution in [0.25, 0.3) is 0 Å². The Balaban J connectivity index is 2.33. The number of thioether (sulfide) groups is 1. The second kappa shape index (κ2) is 6.53. The lowest BCUT2D eigenvalue weighted by Gasteiger charge is -2.25. The van der Waals surface area contributed by atoms with E-state index in [1.165, 1.54) is 0 Å². The van der Waals surface area contributed by atoms with Gasteiger partial charge in [-0.25, -0.2) is 0 Å². The van der Waals surface area contributed by atoms with Crippen LogP contribution in [0, 0.1) is 11.3 Å². The van der Waals surface area contributed by atoms with E-state index in [-0.39, 0.29) is 11.3 Å². The van der Waals surface area contributed by atoms with Crippen LogP contribution in [-0.4, -0.2) is 37.3 Å². The van der Waals surface area contributed by atoms with Gasteiger partial charge < -0.3 is 14.4 Å². The van der Waals surface area contributed by atoms with Crippen molar-refractivity contribution in [3.05, 3.63) is 23.8 Å². The topological polar surface area (TPSA) is 62.6 Å². The Morgan fingerprint density at radius 1 is 1.45 bits per heavy atom. The zero-order valence-electron chi connectivity index (χ0n) is 11.5. The Bertz CT molecular complexity index is 542. The van der Waals surface area contributed by atoms with Crippen molar-refractivity contribution in [1.29, 1.82) is 5.26 Å². The molecule has 6 heteroatoms. The molecule has 1 unspecified atom stereocenters. The zero-order valence-corrected chi connectivity index (χ0v) is 12.3. The summed E-state index contributed by atoms with van der Waals surface area (Å²) in [5.74, 6) is 1.93. The van der Waals surface area contributed by atoms with E-state index >= 15 is 0 Å². The molecule has 1 aliphatic heterocycles. The van der Waals surface area contributed by atoms with Crippen LogP contribution < -0.4 is 9.47 Å². The molecule has 0 radical (unpaired) electrons. The first-order chi connectivity index (χ1) is 9.71. The molecule has 0 N–H and O–H groups in total. The van der Waals surface area contributed by atoms with Gasteiger partial charge in [0, 0.05) is 12.1 Å². The van der Waals surface area contributed by atoms with Crippen molar-refractivity contribution in [3.63, 3.8) is 0 Å². The molecule has 1 heterocycles. The monoisotopic (exact) mass is 292 g/mol. The maximum absolute atomic E-state index is 11.9. The summed E-state index contributed by atoms with van der Waals surface area (Å²) in [4.78, 5) is 13.7. The van der Waals surface area contributed by atoms with Gasteiger partial charge in [0.1, 0.15) is 16.9 Å². The smallest absolute Gasteiger partial charge is 0.233 e. The number of carbonyl (C=O) groups excluding carboxylic acids is 1. The van der Waals surface area contributed by atoms with E-state index in [1.807, 2.05) is 18.2 Å². The first-order valence-corrected chi connectivity index (χ1v) is 7.26. The number of hydrogen-bond acceptors (Lipinski definition) is 5. The summed E-state index contributed by atoms with van der Waals surface area (Å²) in [6.45, 7) is 0.438. The highest BCUT2D eigenvalue weighted by Crippen LogP contribution is 2.43. The number of carbonyl (C=O) groups is 1. The number of amides is 1. The van der Waals surface area contributed by atoms with E-state index in [4.69, 9.17) is 14.7 Å². The first kappa shape index (κ1) is 14.5. The number of benzene rings is 1. The molecule has 0 aliphatic carbocycles. The number of hydrogen-bond donors (Lipinski definition) is 0. The van der Waals surface area contributed by atoms with E-state index in [9.17, 15) is 4.79 Å². The zero-order chi connectivity index (χ0) is 14.5. The number of nitriles is 1. The normalized spacial score (nSPS) is 17.9. The lowest BCUT2D eigenvalue weighted by Crippen LogP contribution is -2.29. The van der Waals surface area contributed by atoms with Crippen LogP contribution in [0.5, 0.6) is 11.5 Å². The number of ether oxygens (including phenoxy) is 2. The lowest BCUT2D eigenvalue weighted by atomic mass is 10.1. The predicted molar refractivity (Wildman–Crippen MR) is 76.7 cm³/mol. The van der Waals surface area contributed by atoms with Crippen LogP contribution >= 0.6 is 11.8 Å². The van der Waals surface area contributed by atoms with Gasteiger partial charge in [-0.1, -0.05) is 0 Å². The standard InChI is InChI=1S/C14H16N2O3S/c1-18-10-4-5-12(19-2)11(8-10)14-16(7-3-6-15)13(17)9-20-14/h4-5,8,14H,3,7,9H2,1-2H3. The average molecular weight is 292 g/mol. The molecule has 0 aromatic heterocycles. The summed E-state index contributed by atoms with van der Waals surface area (Å²) < 4.78 is 10.6. The lowest BCUT2D eigenvalue weighted by molar-refractivity contribution is -0.128. The highest BCUT2D eigenvalue weighted by Gasteiger charge is 2.34. The minimum atomic E-state index is -0.124. The number of methoxy groups -OCH3 is 2. The molecule has 0 spiro atoms. The third-order valence-electron chi connectivity index (χ3n) is 3.14. The molecule has 1 fully saturated rings. The minimum absolute atomic E-state index is 0.0557. The summed E-state index contributed by atoms with van der Waals surface area (Å²) in [6.07, 6.45) is 0.328. The average Bonchev–Trinajstić information content (AvgIpc) is 2.85. The maximum atomic E-state index is 11.9. The Hall–Kier alpha value is -1.87. The van der Waals surface area contributed by atoms with Crippen LogP contribution in [0.2, 0.25) is 0 Å². The van der Waals surface area contributed by atoms with Crippen molar-refractivity contribution in [3.8, 4) is 17.6 Å². The molecular formula is C14H16N2O3S. The largest absolute Gasteiger partial charge is 0.497 e. The van der Waals surface area contributed by atoms with E-state index < -0.39 is 0 Å². The van der Waals surface area contributed by atoms with E-state index in [1.54, 1.807) is 30.9 Å². The van der Waals surface area contributed by atoms with Crippen molar-refractivity contribution in [2.75, 3.05) is 26.5 Å². The van der Waals surface area contributed by atoms with Crippen molar-refractivity contribution < 1.29 is 14.3 Å². The van der Waals surface area contributed by atoms with Gasteiger partial charge in [-0.2, -0.15) is 5.26 Å². The van der Waals surface area contributed by atoms with Crippen molar-refractivity contribution in [1.82, 2.24) is 4.90 Å². The van der Waals surface area contributed by atoms with Gasteiger partial charge in [-0.05, 0) is 18.2 Å². The SMILES string of the molecule is COc1ccc(OC)c(C2SCC(=O)N2CCC#N)c1. The molecule has 1 saturated heterocycles. The van der Waals surface area contributed by atoms with Gasteiger partial charge >= 0.3 is 0 Å². The highest BCUT2D eigenvalue weighted by atomic mass is 32.2. The Morgan fingerprint density at radius 3 is 2.90 bits per heavy atom. The molecule has 106 valence electrons. The van der Waals surface area contributed by atoms with E-state index in [2.05, 4.69) is 6.07 Å². The third-order valence-corrected chi connectivity index (χ3v) is 4.37. The number of rotatable bonds is 5. The van der Waals surface area contributed by atoms with Crippen LogP contribution in [0.15, 0.2) is 18.2 Å². The molecule has 1 aromatic carbocycles. The van der Waals surface area contributed by atoms with Gasteiger partial charge in [0.25, 0.3) is 0 Å². The van der Waals surface area contributed by atoms with Crippen LogP contribution in [0.4, 0.5) is 0 Å². The first-order valence-electron chi connectivity index (χ1n) is 6.21. The summed E-state index contributed by atoms with van der Waals surface area (Å²) in [5, 5.41) is 8.59. The summed E-state index contributed by atoms with van der Waals surface area (Å²) in [7, 11) is 3.21. The quantitative estimate of drug-likeness (QED) is 0.832. The third kappa shape index (κ3) is 2.83. The fourth-order valence-electron chi connectivity index (χ4n) is 2.16. The van der Waals surface area contributed by atoms with Crippen LogP contribution in [-0.2, 0) is 4.79 Å². The predicted octanol–water partition coefficient (Wildman–Crippen LogP) is 2.19. The second-order valence-electron chi connectivity index (χ2n) is 4.27. The second-order valence-corrected chi connectivity index (χ2v) is 5.34. The fraction of sp³-hybridized carbons (Fsp3) is 0.429. The van der Waals surface area contributed by atoms with E-state index in [0.29, 0.717) is 18.7 Å². The maximum Gasteiger partial charge on any atom is 0.233 e. The molecule has 0 saturated carbocycles. The minimum Gasteiger partial charge on any atom is -0.497 e. The highest BCUT2D eigenvalue weighted by molar-refractivity contribution is 8.00. The van der Waals surface area contributed by atoms with Gasteiger partial charge in [0.2, 0.25) is 5.91 Å². The molecule has 1 aliphatic rings. The van der Waals surface area contributed by atoms with Crippen LogP contribution in [0.1, 0.15) is 17.4 Å². The molecule has 1 atom stereocenters. The van der Waals surface area contributed by atoms with Gasteiger partial charge in [-0.3, -0.25) is 4.79 Å². The fourth-order valence-corrected chi connectivity index (χ4v) is 3.39. The molecule has 1 aromatic rings. The molecule has 20 heavy (non-hydrogen) atoms. The summed E-state index contributed by atoms with van der Waals surface area (Å²) >= 11 is 1.54. The summed E-state index contributed by atoms with van der Waals surface area (Å²) in [5.41, 5.74) is 0.903. The van der Waals surface area contributed by atoms with Gasteiger partial charge in [-0.15, -0.1) is 11.8 Å². The van der Waals surface area contributed by atoms with Gasteiger partial charge in [0.05, 0.1) is 32.5 Å². The summed E-state index contributed by atoms with van der Waals surface area (Å²) in [6, 6.07) is 7.62. The molecule has 2 rings (SSSR count). The van der Waals surface area contributed by atoms with Gasteiger partial charge in [0.15, 0.2) is 0 Å². The van der Waals surface area contributed by atoms with Crippen molar-refractivity contribution >= 4 is 17.7 Å². The molecule has 0 bridgehead atoms. The van der Waals surface area contributed by atoms with E-state index in [0.717, 1.165) is 17.1 Å². The Kier molecular flexibility index (Phi) is 4.74. The number of nitrogens with zero attached hydrogens (tertiary/aromatic N) is 2.